The average Bonchev–Trinajstić information content (AvgIpc) is 2.29. The Morgan fingerprint density at radius 1 is 1.50 bits per heavy atom. The molecule has 1 unspecified atom stereocenters. The first kappa shape index (κ1) is 15.6. The van der Waals surface area contributed by atoms with Crippen molar-refractivity contribution in [3.8, 4) is 0 Å². The maximum atomic E-state index is 12.1. The van der Waals surface area contributed by atoms with Crippen LogP contribution >= 0.6 is 15.9 Å². The van der Waals surface area contributed by atoms with Gasteiger partial charge in [0.25, 0.3) is 0 Å². The van der Waals surface area contributed by atoms with Crippen LogP contribution in [0.5, 0.6) is 0 Å². The molecule has 0 fully saturated rings. The summed E-state index contributed by atoms with van der Waals surface area (Å²) in [6.45, 7) is 0.114. The van der Waals surface area contributed by atoms with Crippen molar-refractivity contribution in [3.05, 3.63) is 28.7 Å². The Labute approximate surface area is 115 Å². The smallest absolute Gasteiger partial charge is 0.240 e. The van der Waals surface area contributed by atoms with E-state index in [4.69, 9.17) is 9.84 Å². The molecule has 0 spiro atoms. The highest BCUT2D eigenvalue weighted by Gasteiger charge is 2.19. The molecule has 0 saturated carbocycles. The molecule has 0 aliphatic carbocycles. The standard InChI is InChI=1S/C11H16BrNO4S/c1-17-8-10(5-6-14)13-18(15,16)11-4-2-3-9(12)7-11/h2-4,7,10,13-14H,5-6,8H2,1H3. The van der Waals surface area contributed by atoms with E-state index in [0.717, 1.165) is 0 Å². The Hall–Kier alpha value is -0.470. The van der Waals surface area contributed by atoms with Crippen LogP contribution in [0.2, 0.25) is 0 Å². The Bertz CT molecular complexity index is 472. The van der Waals surface area contributed by atoms with Crippen molar-refractivity contribution in [2.45, 2.75) is 17.4 Å². The lowest BCUT2D eigenvalue weighted by molar-refractivity contribution is 0.158. The molecule has 0 aliphatic heterocycles. The summed E-state index contributed by atoms with van der Waals surface area (Å²) in [4.78, 5) is 0.177. The van der Waals surface area contributed by atoms with E-state index in [2.05, 4.69) is 20.7 Å². The highest BCUT2D eigenvalue weighted by Crippen LogP contribution is 2.16. The second kappa shape index (κ2) is 7.20. The first-order valence-corrected chi connectivity index (χ1v) is 7.65. The SMILES string of the molecule is COCC(CCO)NS(=O)(=O)c1cccc(Br)c1. The van der Waals surface area contributed by atoms with Gasteiger partial charge in [-0.3, -0.25) is 0 Å². The van der Waals surface area contributed by atoms with E-state index in [9.17, 15) is 8.42 Å². The van der Waals surface area contributed by atoms with E-state index in [0.29, 0.717) is 10.9 Å². The molecule has 5 nitrogen and oxygen atoms in total. The lowest BCUT2D eigenvalue weighted by Gasteiger charge is -2.17. The van der Waals surface area contributed by atoms with Crippen molar-refractivity contribution in [1.82, 2.24) is 4.72 Å². The fourth-order valence-electron chi connectivity index (χ4n) is 1.45. The highest BCUT2D eigenvalue weighted by molar-refractivity contribution is 9.10. The van der Waals surface area contributed by atoms with Gasteiger partial charge in [0.15, 0.2) is 0 Å². The molecule has 0 saturated heterocycles. The van der Waals surface area contributed by atoms with E-state index < -0.39 is 16.1 Å². The van der Waals surface area contributed by atoms with E-state index in [1.807, 2.05) is 0 Å². The van der Waals surface area contributed by atoms with E-state index in [1.54, 1.807) is 12.1 Å². The Morgan fingerprint density at radius 2 is 2.22 bits per heavy atom. The fraction of sp³-hybridized carbons (Fsp3) is 0.455. The molecule has 0 bridgehead atoms. The quantitative estimate of drug-likeness (QED) is 0.781. The van der Waals surface area contributed by atoms with Gasteiger partial charge in [-0.1, -0.05) is 22.0 Å². The van der Waals surface area contributed by atoms with Gasteiger partial charge in [0, 0.05) is 24.2 Å². The minimum absolute atomic E-state index is 0.102. The Morgan fingerprint density at radius 3 is 2.78 bits per heavy atom. The molecule has 1 aromatic rings. The second-order valence-corrected chi connectivity index (χ2v) is 6.37. The lowest BCUT2D eigenvalue weighted by atomic mass is 10.2. The third kappa shape index (κ3) is 4.66. The number of aliphatic hydroxyl groups excluding tert-OH is 1. The fourth-order valence-corrected chi connectivity index (χ4v) is 3.31. The molecule has 0 amide bonds. The zero-order valence-electron chi connectivity index (χ0n) is 9.97. The van der Waals surface area contributed by atoms with Crippen LogP contribution in [-0.2, 0) is 14.8 Å². The van der Waals surface area contributed by atoms with Crippen LogP contribution in [0, 0.1) is 0 Å². The number of methoxy groups -OCH3 is 1. The van der Waals surface area contributed by atoms with Crippen LogP contribution in [0.1, 0.15) is 6.42 Å². The number of aliphatic hydroxyl groups is 1. The zero-order chi connectivity index (χ0) is 13.6. The van der Waals surface area contributed by atoms with Crippen molar-refractivity contribution in [2.24, 2.45) is 0 Å². The summed E-state index contributed by atoms with van der Waals surface area (Å²) < 4.78 is 32.3. The summed E-state index contributed by atoms with van der Waals surface area (Å²) in [7, 11) is -2.11. The van der Waals surface area contributed by atoms with Crippen LogP contribution in [0.3, 0.4) is 0 Å². The van der Waals surface area contributed by atoms with Gasteiger partial charge in [0.1, 0.15) is 0 Å². The molecule has 1 atom stereocenters. The van der Waals surface area contributed by atoms with Crippen molar-refractivity contribution < 1.29 is 18.3 Å². The molecular formula is C11H16BrNO4S. The second-order valence-electron chi connectivity index (χ2n) is 3.74. The average molecular weight is 338 g/mol. The summed E-state index contributed by atoms with van der Waals surface area (Å²) in [5.41, 5.74) is 0. The summed E-state index contributed by atoms with van der Waals surface area (Å²) >= 11 is 3.23. The Balaban J connectivity index is 2.86. The van der Waals surface area contributed by atoms with Gasteiger partial charge in [-0.05, 0) is 24.6 Å². The van der Waals surface area contributed by atoms with Crippen molar-refractivity contribution in [1.29, 1.82) is 0 Å². The molecule has 7 heteroatoms. The minimum atomic E-state index is -3.60. The van der Waals surface area contributed by atoms with E-state index in [-0.39, 0.29) is 18.1 Å². The minimum Gasteiger partial charge on any atom is -0.396 e. The van der Waals surface area contributed by atoms with Gasteiger partial charge in [-0.15, -0.1) is 0 Å². The number of halogens is 1. The molecule has 2 N–H and O–H groups in total. The molecule has 18 heavy (non-hydrogen) atoms. The number of rotatable bonds is 7. The number of nitrogens with one attached hydrogen (secondary N) is 1. The molecule has 1 rings (SSSR count). The molecular weight excluding hydrogens is 322 g/mol. The maximum absolute atomic E-state index is 12.1. The summed E-state index contributed by atoms with van der Waals surface area (Å²) in [6, 6.07) is 5.99. The predicted octanol–water partition coefficient (Wildman–Crippen LogP) is 1.12. The predicted molar refractivity (Wildman–Crippen MR) is 71.8 cm³/mol. The molecule has 102 valence electrons. The zero-order valence-corrected chi connectivity index (χ0v) is 12.4. The number of benzene rings is 1. The van der Waals surface area contributed by atoms with Gasteiger partial charge < -0.3 is 9.84 Å². The molecule has 0 aromatic heterocycles. The summed E-state index contributed by atoms with van der Waals surface area (Å²) in [5, 5.41) is 8.88. The summed E-state index contributed by atoms with van der Waals surface area (Å²) in [6.07, 6.45) is 0.307. The van der Waals surface area contributed by atoms with Gasteiger partial charge in [-0.25, -0.2) is 13.1 Å². The van der Waals surface area contributed by atoms with Gasteiger partial charge >= 0.3 is 0 Å². The third-order valence-electron chi connectivity index (χ3n) is 2.27. The number of ether oxygens (including phenoxy) is 1. The molecule has 0 heterocycles. The van der Waals surface area contributed by atoms with Crippen LogP contribution < -0.4 is 4.72 Å². The van der Waals surface area contributed by atoms with E-state index in [1.165, 1.54) is 19.2 Å². The van der Waals surface area contributed by atoms with Gasteiger partial charge in [0.05, 0.1) is 11.5 Å². The number of hydrogen-bond acceptors (Lipinski definition) is 4. The number of sulfonamides is 1. The van der Waals surface area contributed by atoms with Crippen LogP contribution in [0.25, 0.3) is 0 Å². The van der Waals surface area contributed by atoms with Crippen LogP contribution in [0.4, 0.5) is 0 Å². The van der Waals surface area contributed by atoms with Crippen molar-refractivity contribution in [2.75, 3.05) is 20.3 Å². The molecule has 0 aliphatic rings. The molecule has 1 aromatic carbocycles. The first-order chi connectivity index (χ1) is 8.49. The van der Waals surface area contributed by atoms with Crippen LogP contribution in [-0.4, -0.2) is 39.9 Å². The largest absolute Gasteiger partial charge is 0.396 e. The normalized spacial score (nSPS) is 13.5. The topological polar surface area (TPSA) is 75.6 Å². The lowest BCUT2D eigenvalue weighted by Crippen LogP contribution is -2.38. The van der Waals surface area contributed by atoms with Crippen LogP contribution in [0.15, 0.2) is 33.6 Å². The maximum Gasteiger partial charge on any atom is 0.240 e. The number of hydrogen-bond donors (Lipinski definition) is 2. The monoisotopic (exact) mass is 337 g/mol. The summed E-state index contributed by atoms with van der Waals surface area (Å²) in [5.74, 6) is 0. The van der Waals surface area contributed by atoms with Crippen molar-refractivity contribution >= 4 is 26.0 Å². The highest BCUT2D eigenvalue weighted by atomic mass is 79.9. The van der Waals surface area contributed by atoms with Crippen molar-refractivity contribution in [3.63, 3.8) is 0 Å². The van der Waals surface area contributed by atoms with E-state index >= 15 is 0 Å². The van der Waals surface area contributed by atoms with Gasteiger partial charge in [0.2, 0.25) is 10.0 Å². The first-order valence-electron chi connectivity index (χ1n) is 5.37. The Kier molecular flexibility index (Phi) is 6.24. The molecule has 0 radical (unpaired) electrons. The van der Waals surface area contributed by atoms with Gasteiger partial charge in [-0.2, -0.15) is 0 Å². The third-order valence-corrected chi connectivity index (χ3v) is 4.29.